The molecule has 0 aromatic carbocycles. The molecule has 0 fully saturated rings. The highest BCUT2D eigenvalue weighted by Gasteiger charge is 2.07. The largest absolute Gasteiger partial charge is 0.370 e. The van der Waals surface area contributed by atoms with Crippen LogP contribution in [0.2, 0.25) is 0 Å². The van der Waals surface area contributed by atoms with Gasteiger partial charge in [0.2, 0.25) is 0 Å². The van der Waals surface area contributed by atoms with Crippen LogP contribution in [0.3, 0.4) is 0 Å². The summed E-state index contributed by atoms with van der Waals surface area (Å²) < 4.78 is 0. The van der Waals surface area contributed by atoms with E-state index >= 15 is 0 Å². The first-order valence-corrected chi connectivity index (χ1v) is 12.2. The predicted molar refractivity (Wildman–Crippen MR) is 135 cm³/mol. The number of aromatic nitrogens is 3. The zero-order chi connectivity index (χ0) is 23.0. The molecule has 0 spiro atoms. The standard InChI is InChI=1S/C28H37N5/c1-2-3-4-5-6-13-20-32(23-26-14-7-10-17-29-26)21-22-33(24-27-15-8-11-18-30-27)25-28-16-9-12-19-31-28/h7-12,14-19,21-22H,2-6,13,20,23-25H2,1H3/b22-21+. The van der Waals surface area contributed by atoms with Crippen LogP contribution in [0.5, 0.6) is 0 Å². The smallest absolute Gasteiger partial charge is 0.0601 e. The van der Waals surface area contributed by atoms with Gasteiger partial charge in [-0.15, -0.1) is 0 Å². The van der Waals surface area contributed by atoms with Gasteiger partial charge < -0.3 is 9.80 Å². The van der Waals surface area contributed by atoms with Gasteiger partial charge in [0, 0.05) is 37.5 Å². The summed E-state index contributed by atoms with van der Waals surface area (Å²) in [6.07, 6.45) is 17.7. The van der Waals surface area contributed by atoms with Crippen LogP contribution in [0.25, 0.3) is 0 Å². The summed E-state index contributed by atoms with van der Waals surface area (Å²) in [7, 11) is 0. The van der Waals surface area contributed by atoms with E-state index in [0.29, 0.717) is 0 Å². The molecule has 3 rings (SSSR count). The highest BCUT2D eigenvalue weighted by molar-refractivity contribution is 5.08. The second-order valence-electron chi connectivity index (χ2n) is 8.40. The normalized spacial score (nSPS) is 11.1. The SMILES string of the molecule is CCCCCCCCN(/C=C/N(Cc1ccccn1)Cc1ccccn1)Cc1ccccn1. The molecule has 0 aliphatic rings. The van der Waals surface area contributed by atoms with Crippen LogP contribution in [0.15, 0.2) is 85.6 Å². The minimum atomic E-state index is 0.738. The molecule has 0 atom stereocenters. The Hall–Kier alpha value is -3.21. The summed E-state index contributed by atoms with van der Waals surface area (Å²) in [5, 5.41) is 0. The molecule has 33 heavy (non-hydrogen) atoms. The van der Waals surface area contributed by atoms with E-state index in [2.05, 4.69) is 68.3 Å². The van der Waals surface area contributed by atoms with E-state index < -0.39 is 0 Å². The van der Waals surface area contributed by atoms with Crippen molar-refractivity contribution in [3.05, 3.63) is 103 Å². The third-order valence-corrected chi connectivity index (χ3v) is 5.56. The third-order valence-electron chi connectivity index (χ3n) is 5.56. The molecule has 3 aromatic heterocycles. The van der Waals surface area contributed by atoms with Crippen molar-refractivity contribution in [3.63, 3.8) is 0 Å². The van der Waals surface area contributed by atoms with E-state index in [0.717, 1.165) is 43.3 Å². The van der Waals surface area contributed by atoms with Crippen molar-refractivity contribution >= 4 is 0 Å². The molecule has 0 aliphatic carbocycles. The number of hydrogen-bond donors (Lipinski definition) is 0. The average Bonchev–Trinajstić information content (AvgIpc) is 2.86. The van der Waals surface area contributed by atoms with E-state index in [1.165, 1.54) is 38.5 Å². The monoisotopic (exact) mass is 443 g/mol. The van der Waals surface area contributed by atoms with E-state index in [1.807, 2.05) is 48.9 Å². The number of hydrogen-bond acceptors (Lipinski definition) is 5. The fourth-order valence-electron chi connectivity index (χ4n) is 3.75. The minimum Gasteiger partial charge on any atom is -0.370 e. The first kappa shape index (κ1) is 24.4. The molecule has 3 heterocycles. The van der Waals surface area contributed by atoms with Gasteiger partial charge in [0.05, 0.1) is 36.7 Å². The summed E-state index contributed by atoms with van der Waals surface area (Å²) >= 11 is 0. The van der Waals surface area contributed by atoms with Crippen LogP contribution in [0.4, 0.5) is 0 Å². The summed E-state index contributed by atoms with van der Waals surface area (Å²) in [6, 6.07) is 18.3. The van der Waals surface area contributed by atoms with Crippen molar-refractivity contribution in [3.8, 4) is 0 Å². The maximum Gasteiger partial charge on any atom is 0.0601 e. The molecule has 3 aromatic rings. The van der Waals surface area contributed by atoms with Gasteiger partial charge >= 0.3 is 0 Å². The summed E-state index contributed by atoms with van der Waals surface area (Å²) in [5.41, 5.74) is 3.18. The highest BCUT2D eigenvalue weighted by atomic mass is 15.2. The molecule has 0 saturated heterocycles. The molecule has 0 unspecified atom stereocenters. The van der Waals surface area contributed by atoms with Crippen LogP contribution in [-0.4, -0.2) is 31.3 Å². The summed E-state index contributed by atoms with van der Waals surface area (Å²) in [5.74, 6) is 0. The van der Waals surface area contributed by atoms with Crippen molar-refractivity contribution in [1.29, 1.82) is 0 Å². The van der Waals surface area contributed by atoms with Crippen molar-refractivity contribution in [1.82, 2.24) is 24.8 Å². The van der Waals surface area contributed by atoms with E-state index in [1.54, 1.807) is 0 Å². The van der Waals surface area contributed by atoms with Crippen LogP contribution in [0.1, 0.15) is 62.5 Å². The van der Waals surface area contributed by atoms with Gasteiger partial charge in [-0.25, -0.2) is 0 Å². The first-order chi connectivity index (χ1) is 16.3. The Morgan fingerprint density at radius 2 is 1.03 bits per heavy atom. The van der Waals surface area contributed by atoms with Gasteiger partial charge in [0.1, 0.15) is 0 Å². The second-order valence-corrected chi connectivity index (χ2v) is 8.40. The fourth-order valence-corrected chi connectivity index (χ4v) is 3.75. The molecular weight excluding hydrogens is 406 g/mol. The van der Waals surface area contributed by atoms with Gasteiger partial charge in [-0.05, 0) is 42.8 Å². The molecule has 0 saturated carbocycles. The Bertz CT molecular complexity index is 858. The Labute approximate surface area is 199 Å². The second kappa shape index (κ2) is 14.8. The Kier molecular flexibility index (Phi) is 10.9. The van der Waals surface area contributed by atoms with Crippen molar-refractivity contribution in [2.45, 2.75) is 65.1 Å². The topological polar surface area (TPSA) is 45.2 Å². The zero-order valence-electron chi connectivity index (χ0n) is 19.9. The lowest BCUT2D eigenvalue weighted by atomic mass is 10.1. The van der Waals surface area contributed by atoms with Crippen molar-refractivity contribution < 1.29 is 0 Å². The van der Waals surface area contributed by atoms with Crippen molar-refractivity contribution in [2.24, 2.45) is 0 Å². The molecule has 5 heteroatoms. The molecule has 0 aliphatic heterocycles. The lowest BCUT2D eigenvalue weighted by molar-refractivity contribution is 0.316. The van der Waals surface area contributed by atoms with Gasteiger partial charge in [-0.3, -0.25) is 15.0 Å². The number of unbranched alkanes of at least 4 members (excludes halogenated alkanes) is 5. The van der Waals surface area contributed by atoms with Gasteiger partial charge in [0.25, 0.3) is 0 Å². The van der Waals surface area contributed by atoms with E-state index in [-0.39, 0.29) is 0 Å². The van der Waals surface area contributed by atoms with Gasteiger partial charge in [-0.2, -0.15) is 0 Å². The molecule has 174 valence electrons. The summed E-state index contributed by atoms with van der Waals surface area (Å²) in [4.78, 5) is 18.2. The Morgan fingerprint density at radius 3 is 1.52 bits per heavy atom. The average molecular weight is 444 g/mol. The summed E-state index contributed by atoms with van der Waals surface area (Å²) in [6.45, 7) is 5.58. The van der Waals surface area contributed by atoms with Gasteiger partial charge in [0.15, 0.2) is 0 Å². The highest BCUT2D eigenvalue weighted by Crippen LogP contribution is 2.11. The van der Waals surface area contributed by atoms with E-state index in [4.69, 9.17) is 0 Å². The maximum atomic E-state index is 4.54. The number of rotatable bonds is 15. The fraction of sp³-hybridized carbons (Fsp3) is 0.393. The molecule has 0 radical (unpaired) electrons. The van der Waals surface area contributed by atoms with Crippen LogP contribution in [0, 0.1) is 0 Å². The van der Waals surface area contributed by atoms with Crippen molar-refractivity contribution in [2.75, 3.05) is 6.54 Å². The maximum absolute atomic E-state index is 4.54. The van der Waals surface area contributed by atoms with Crippen LogP contribution >= 0.6 is 0 Å². The molecule has 0 amide bonds. The van der Waals surface area contributed by atoms with Crippen LogP contribution in [-0.2, 0) is 19.6 Å². The molecule has 0 bridgehead atoms. The quantitative estimate of drug-likeness (QED) is 0.261. The first-order valence-electron chi connectivity index (χ1n) is 12.2. The lowest BCUT2D eigenvalue weighted by Crippen LogP contribution is -2.22. The third kappa shape index (κ3) is 9.85. The number of nitrogens with zero attached hydrogens (tertiary/aromatic N) is 5. The Balaban J connectivity index is 1.67. The number of pyridine rings is 3. The predicted octanol–water partition coefficient (Wildman–Crippen LogP) is 6.21. The van der Waals surface area contributed by atoms with Gasteiger partial charge in [-0.1, -0.05) is 57.2 Å². The molecule has 5 nitrogen and oxygen atoms in total. The minimum absolute atomic E-state index is 0.738. The molecular formula is C28H37N5. The van der Waals surface area contributed by atoms with E-state index in [9.17, 15) is 0 Å². The zero-order valence-corrected chi connectivity index (χ0v) is 19.9. The van der Waals surface area contributed by atoms with Crippen LogP contribution < -0.4 is 0 Å². The Morgan fingerprint density at radius 1 is 0.576 bits per heavy atom. The lowest BCUT2D eigenvalue weighted by Gasteiger charge is -2.24. The molecule has 0 N–H and O–H groups in total.